The molecule has 156 valence electrons. The van der Waals surface area contributed by atoms with Gasteiger partial charge in [-0.05, 0) is 47.9 Å². The van der Waals surface area contributed by atoms with E-state index < -0.39 is 0 Å². The van der Waals surface area contributed by atoms with E-state index in [-0.39, 0.29) is 42.3 Å². The molecule has 1 aromatic carbocycles. The summed E-state index contributed by atoms with van der Waals surface area (Å²) < 4.78 is 0. The molecular formula is C21H27ClN4O2S. The summed E-state index contributed by atoms with van der Waals surface area (Å²) in [6.45, 7) is 4.98. The second-order valence-corrected chi connectivity index (χ2v) is 8.34. The van der Waals surface area contributed by atoms with E-state index in [9.17, 15) is 9.59 Å². The molecule has 2 bridgehead atoms. The van der Waals surface area contributed by atoms with Crippen molar-refractivity contribution >= 4 is 41.4 Å². The van der Waals surface area contributed by atoms with Crippen LogP contribution in [0.1, 0.15) is 24.8 Å². The third-order valence-corrected chi connectivity index (χ3v) is 6.50. The van der Waals surface area contributed by atoms with Gasteiger partial charge in [0.2, 0.25) is 5.91 Å². The van der Waals surface area contributed by atoms with Crippen LogP contribution in [-0.4, -0.2) is 60.0 Å². The first-order valence-electron chi connectivity index (χ1n) is 9.78. The average Bonchev–Trinajstić information content (AvgIpc) is 3.38. The molecule has 0 saturated carbocycles. The highest BCUT2D eigenvalue weighted by Gasteiger charge is 2.40. The quantitative estimate of drug-likeness (QED) is 0.758. The Labute approximate surface area is 181 Å². The number of hydrogen-bond donors (Lipinski definition) is 2. The van der Waals surface area contributed by atoms with Crippen LogP contribution in [0.15, 0.2) is 47.2 Å². The lowest BCUT2D eigenvalue weighted by atomic mass is 10.0. The number of amides is 3. The lowest BCUT2D eigenvalue weighted by Gasteiger charge is -2.40. The molecule has 1 aromatic heterocycles. The van der Waals surface area contributed by atoms with Crippen LogP contribution in [0.2, 0.25) is 0 Å². The largest absolute Gasteiger partial charge is 0.354 e. The van der Waals surface area contributed by atoms with E-state index in [2.05, 4.69) is 15.5 Å². The topological polar surface area (TPSA) is 64.7 Å². The number of para-hydroxylation sites is 1. The van der Waals surface area contributed by atoms with Crippen molar-refractivity contribution < 1.29 is 9.59 Å². The van der Waals surface area contributed by atoms with Crippen LogP contribution in [0, 0.1) is 0 Å². The number of nitrogens with one attached hydrogen (secondary N) is 2. The highest BCUT2D eigenvalue weighted by Crippen LogP contribution is 2.26. The SMILES string of the molecule is CC(C(=O)NCC1CN(C(=O)Nc2ccccc2)C2CCN1C2)c1ccsc1.Cl. The number of rotatable bonds is 5. The Hall–Kier alpha value is -2.09. The molecule has 0 spiro atoms. The highest BCUT2D eigenvalue weighted by atomic mass is 35.5. The minimum Gasteiger partial charge on any atom is -0.354 e. The second kappa shape index (κ2) is 9.61. The summed E-state index contributed by atoms with van der Waals surface area (Å²) in [5, 5.41) is 10.1. The molecule has 4 atom stereocenters. The third kappa shape index (κ3) is 4.91. The number of benzene rings is 1. The van der Waals surface area contributed by atoms with Crippen molar-refractivity contribution in [1.29, 1.82) is 0 Å². The molecule has 2 saturated heterocycles. The summed E-state index contributed by atoms with van der Waals surface area (Å²) in [6, 6.07) is 11.9. The number of nitrogens with zero attached hydrogens (tertiary/aromatic N) is 2. The van der Waals surface area contributed by atoms with Gasteiger partial charge < -0.3 is 15.5 Å². The van der Waals surface area contributed by atoms with Crippen LogP contribution in [0.25, 0.3) is 0 Å². The molecule has 4 rings (SSSR count). The van der Waals surface area contributed by atoms with Crippen molar-refractivity contribution in [3.05, 3.63) is 52.7 Å². The van der Waals surface area contributed by atoms with Crippen molar-refractivity contribution in [3.63, 3.8) is 0 Å². The molecule has 8 heteroatoms. The van der Waals surface area contributed by atoms with E-state index >= 15 is 0 Å². The van der Waals surface area contributed by atoms with Gasteiger partial charge in [0.05, 0.1) is 5.92 Å². The molecule has 2 aliphatic rings. The summed E-state index contributed by atoms with van der Waals surface area (Å²) in [4.78, 5) is 29.7. The van der Waals surface area contributed by atoms with E-state index in [1.807, 2.05) is 59.0 Å². The van der Waals surface area contributed by atoms with Crippen molar-refractivity contribution in [2.45, 2.75) is 31.3 Å². The molecule has 3 amide bonds. The normalized spacial score (nSPS) is 23.8. The minimum absolute atomic E-state index is 0. The molecule has 29 heavy (non-hydrogen) atoms. The Bertz CT molecular complexity index is 817. The highest BCUT2D eigenvalue weighted by molar-refractivity contribution is 7.08. The molecule has 4 unspecified atom stereocenters. The lowest BCUT2D eigenvalue weighted by Crippen LogP contribution is -2.58. The van der Waals surface area contributed by atoms with Gasteiger partial charge in [0, 0.05) is 44.0 Å². The number of carbonyl (C=O) groups excluding carboxylic acids is 2. The Balaban J connectivity index is 0.00000240. The van der Waals surface area contributed by atoms with Gasteiger partial charge in [-0.1, -0.05) is 18.2 Å². The van der Waals surface area contributed by atoms with Crippen LogP contribution in [0.5, 0.6) is 0 Å². The Morgan fingerprint density at radius 3 is 2.72 bits per heavy atom. The summed E-state index contributed by atoms with van der Waals surface area (Å²) in [5.41, 5.74) is 1.86. The first-order chi connectivity index (χ1) is 13.6. The summed E-state index contributed by atoms with van der Waals surface area (Å²) in [6.07, 6.45) is 0.984. The maximum absolute atomic E-state index is 12.8. The number of halogens is 1. The van der Waals surface area contributed by atoms with Crippen molar-refractivity contribution in [1.82, 2.24) is 15.1 Å². The smallest absolute Gasteiger partial charge is 0.322 e. The van der Waals surface area contributed by atoms with Crippen LogP contribution in [0.4, 0.5) is 10.5 Å². The van der Waals surface area contributed by atoms with Crippen molar-refractivity contribution in [3.8, 4) is 0 Å². The number of carbonyl (C=O) groups is 2. The maximum Gasteiger partial charge on any atom is 0.322 e. The van der Waals surface area contributed by atoms with Gasteiger partial charge in [0.15, 0.2) is 0 Å². The molecule has 3 heterocycles. The zero-order chi connectivity index (χ0) is 19.5. The molecule has 2 aromatic rings. The number of urea groups is 1. The number of hydrogen-bond acceptors (Lipinski definition) is 4. The lowest BCUT2D eigenvalue weighted by molar-refractivity contribution is -0.122. The van der Waals surface area contributed by atoms with Crippen LogP contribution in [0.3, 0.4) is 0 Å². The predicted octanol–water partition coefficient (Wildman–Crippen LogP) is 3.38. The minimum atomic E-state index is -0.154. The van der Waals surface area contributed by atoms with Gasteiger partial charge in [0.1, 0.15) is 0 Å². The Morgan fingerprint density at radius 2 is 2.00 bits per heavy atom. The number of thiophene rings is 1. The Kier molecular flexibility index (Phi) is 7.16. The number of anilines is 1. The molecule has 0 radical (unpaired) electrons. The van der Waals surface area contributed by atoms with Crippen LogP contribution in [-0.2, 0) is 4.79 Å². The van der Waals surface area contributed by atoms with E-state index in [1.165, 1.54) is 0 Å². The summed E-state index contributed by atoms with van der Waals surface area (Å²) in [5.74, 6) is -0.112. The van der Waals surface area contributed by atoms with Gasteiger partial charge >= 0.3 is 6.03 Å². The van der Waals surface area contributed by atoms with Gasteiger partial charge in [0.25, 0.3) is 0 Å². The summed E-state index contributed by atoms with van der Waals surface area (Å²) in [7, 11) is 0. The van der Waals surface area contributed by atoms with E-state index in [0.29, 0.717) is 13.1 Å². The number of piperazine rings is 1. The molecule has 6 nitrogen and oxygen atoms in total. The first-order valence-corrected chi connectivity index (χ1v) is 10.7. The van der Waals surface area contributed by atoms with Gasteiger partial charge in [-0.2, -0.15) is 11.3 Å². The first kappa shape index (κ1) is 21.6. The van der Waals surface area contributed by atoms with E-state index in [0.717, 1.165) is 30.8 Å². The van der Waals surface area contributed by atoms with E-state index in [1.54, 1.807) is 11.3 Å². The third-order valence-electron chi connectivity index (χ3n) is 5.79. The average molecular weight is 435 g/mol. The number of fused-ring (bicyclic) bond motifs is 2. The Morgan fingerprint density at radius 1 is 1.21 bits per heavy atom. The second-order valence-electron chi connectivity index (χ2n) is 7.56. The van der Waals surface area contributed by atoms with Crippen molar-refractivity contribution in [2.24, 2.45) is 0 Å². The zero-order valence-electron chi connectivity index (χ0n) is 16.4. The fourth-order valence-corrected chi connectivity index (χ4v) is 4.80. The van der Waals surface area contributed by atoms with Gasteiger partial charge in [-0.25, -0.2) is 4.79 Å². The monoisotopic (exact) mass is 434 g/mol. The molecule has 2 aliphatic heterocycles. The predicted molar refractivity (Wildman–Crippen MR) is 119 cm³/mol. The molecule has 0 aliphatic carbocycles. The molecule has 2 fully saturated rings. The molecular weight excluding hydrogens is 408 g/mol. The van der Waals surface area contributed by atoms with E-state index in [4.69, 9.17) is 0 Å². The summed E-state index contributed by atoms with van der Waals surface area (Å²) >= 11 is 1.61. The zero-order valence-corrected chi connectivity index (χ0v) is 18.0. The van der Waals surface area contributed by atoms with Crippen LogP contribution >= 0.6 is 23.7 Å². The van der Waals surface area contributed by atoms with Crippen molar-refractivity contribution in [2.75, 3.05) is 31.5 Å². The van der Waals surface area contributed by atoms with Crippen LogP contribution < -0.4 is 10.6 Å². The standard InChI is InChI=1S/C21H26N4O2S.ClH/c1-15(16-8-10-28-14-16)20(26)22-11-19-13-25(18-7-9-24(19)12-18)21(27)23-17-5-3-2-4-6-17;/h2-6,8,10,14-15,18-19H,7,9,11-13H2,1H3,(H,22,26)(H,23,27);1H. The van der Waals surface area contributed by atoms with Gasteiger partial charge in [-0.3, -0.25) is 9.69 Å². The maximum atomic E-state index is 12.8. The fraction of sp³-hybridized carbons (Fsp3) is 0.429. The fourth-order valence-electron chi connectivity index (χ4n) is 4.05. The van der Waals surface area contributed by atoms with Gasteiger partial charge in [-0.15, -0.1) is 12.4 Å². The molecule has 2 N–H and O–H groups in total.